The summed E-state index contributed by atoms with van der Waals surface area (Å²) in [4.78, 5) is 48.2. The molecule has 1 aromatic heterocycles. The Morgan fingerprint density at radius 2 is 1.89 bits per heavy atom. The third-order valence-corrected chi connectivity index (χ3v) is 6.35. The van der Waals surface area contributed by atoms with Gasteiger partial charge in [0.15, 0.2) is 0 Å². The maximum atomic E-state index is 12.9. The minimum atomic E-state index is -1.05. The highest BCUT2D eigenvalue weighted by Crippen LogP contribution is 2.29. The second-order valence-corrected chi connectivity index (χ2v) is 9.19. The van der Waals surface area contributed by atoms with E-state index in [9.17, 15) is 24.5 Å². The third kappa shape index (κ3) is 5.19. The second kappa shape index (κ2) is 9.87. The number of benzene rings is 2. The molecule has 0 saturated heterocycles. The van der Waals surface area contributed by atoms with Gasteiger partial charge in [-0.3, -0.25) is 14.9 Å². The zero-order chi connectivity index (χ0) is 25.3. The van der Waals surface area contributed by atoms with Crippen LogP contribution in [0.15, 0.2) is 45.6 Å². The van der Waals surface area contributed by atoms with Crippen LogP contribution < -0.4 is 10.9 Å². The number of halogens is 1. The minimum absolute atomic E-state index is 0.0130. The summed E-state index contributed by atoms with van der Waals surface area (Å²) in [6.07, 6.45) is 2.90. The fraction of sp³-hybridized carbons (Fsp3) is 0.320. The van der Waals surface area contributed by atoms with Gasteiger partial charge >= 0.3 is 11.6 Å². The number of esters is 1. The lowest BCUT2D eigenvalue weighted by molar-refractivity contribution is -0.384. The molecule has 9 nitrogen and oxygen atoms in total. The van der Waals surface area contributed by atoms with Crippen LogP contribution in [-0.4, -0.2) is 22.8 Å². The molecule has 182 valence electrons. The molecule has 1 heterocycles. The van der Waals surface area contributed by atoms with Gasteiger partial charge in [-0.1, -0.05) is 25.4 Å². The number of non-ortho nitro benzene ring substituents is 1. The Hall–Kier alpha value is -3.72. The third-order valence-electron chi connectivity index (χ3n) is 6.03. The quantitative estimate of drug-likeness (QED) is 0.222. The summed E-state index contributed by atoms with van der Waals surface area (Å²) in [5.41, 5.74) is 2.31. The molecule has 0 saturated carbocycles. The minimum Gasteiger partial charge on any atom is -0.459 e. The molecule has 10 heteroatoms. The van der Waals surface area contributed by atoms with Crippen LogP contribution in [0.2, 0.25) is 5.02 Å². The van der Waals surface area contributed by atoms with Gasteiger partial charge in [0.05, 0.1) is 15.5 Å². The van der Waals surface area contributed by atoms with Gasteiger partial charge in [0.1, 0.15) is 18.2 Å². The van der Waals surface area contributed by atoms with Crippen LogP contribution in [0.25, 0.3) is 11.0 Å². The highest BCUT2D eigenvalue weighted by molar-refractivity contribution is 6.34. The van der Waals surface area contributed by atoms with Crippen molar-refractivity contribution in [2.75, 3.05) is 0 Å². The van der Waals surface area contributed by atoms with Crippen molar-refractivity contribution in [1.29, 1.82) is 0 Å². The fourth-order valence-electron chi connectivity index (χ4n) is 4.17. The van der Waals surface area contributed by atoms with Gasteiger partial charge in [0, 0.05) is 29.1 Å². The monoisotopic (exact) mass is 498 g/mol. The highest BCUT2D eigenvalue weighted by atomic mass is 35.5. The van der Waals surface area contributed by atoms with E-state index in [-0.39, 0.29) is 28.8 Å². The lowest BCUT2D eigenvalue weighted by Gasteiger charge is -2.21. The van der Waals surface area contributed by atoms with Crippen molar-refractivity contribution < 1.29 is 23.7 Å². The average molecular weight is 499 g/mol. The maximum absolute atomic E-state index is 12.9. The van der Waals surface area contributed by atoms with E-state index in [2.05, 4.69) is 5.32 Å². The molecule has 2 aromatic carbocycles. The lowest BCUT2D eigenvalue weighted by Crippen LogP contribution is -2.45. The van der Waals surface area contributed by atoms with Crippen molar-refractivity contribution in [1.82, 2.24) is 5.32 Å². The Labute approximate surface area is 205 Å². The number of nitro groups is 1. The first-order valence-electron chi connectivity index (χ1n) is 11.1. The van der Waals surface area contributed by atoms with Crippen LogP contribution in [0.4, 0.5) is 5.69 Å². The van der Waals surface area contributed by atoms with Gasteiger partial charge in [-0.25, -0.2) is 9.59 Å². The van der Waals surface area contributed by atoms with E-state index < -0.39 is 28.5 Å². The van der Waals surface area contributed by atoms with E-state index in [0.717, 1.165) is 30.9 Å². The van der Waals surface area contributed by atoms with E-state index in [4.69, 9.17) is 20.8 Å². The van der Waals surface area contributed by atoms with Gasteiger partial charge in [-0.15, -0.1) is 0 Å². The molecular weight excluding hydrogens is 476 g/mol. The van der Waals surface area contributed by atoms with Crippen molar-refractivity contribution in [3.8, 4) is 0 Å². The molecule has 1 amide bonds. The summed E-state index contributed by atoms with van der Waals surface area (Å²) < 4.78 is 10.8. The first-order valence-corrected chi connectivity index (χ1v) is 11.5. The number of hydrogen-bond donors (Lipinski definition) is 1. The Morgan fingerprint density at radius 3 is 2.57 bits per heavy atom. The molecule has 1 aliphatic rings. The molecule has 0 spiro atoms. The molecule has 0 fully saturated rings. The largest absolute Gasteiger partial charge is 0.459 e. The van der Waals surface area contributed by atoms with E-state index >= 15 is 0 Å². The van der Waals surface area contributed by atoms with Crippen molar-refractivity contribution in [3.63, 3.8) is 0 Å². The van der Waals surface area contributed by atoms with Gasteiger partial charge in [0.25, 0.3) is 11.6 Å². The van der Waals surface area contributed by atoms with Gasteiger partial charge in [0.2, 0.25) is 0 Å². The maximum Gasteiger partial charge on any atom is 0.336 e. The van der Waals surface area contributed by atoms with Crippen molar-refractivity contribution in [3.05, 3.63) is 84.2 Å². The standard InChI is InChI=1S/C25H23ClN2O7/c1-13(2)23(27-24(30)19-11-17(28(32)33)6-7-20(19)26)25(31)34-12-16-10-22(29)35-21-9-15-5-3-4-14(15)8-18(16)21/h6-11,13,23H,3-5,12H2,1-2H3,(H,27,30). The molecule has 1 aliphatic carbocycles. The summed E-state index contributed by atoms with van der Waals surface area (Å²) in [7, 11) is 0. The number of carbonyl (C=O) groups is 2. The normalized spacial score (nSPS) is 13.5. The van der Waals surface area contributed by atoms with E-state index in [1.165, 1.54) is 23.8 Å². The van der Waals surface area contributed by atoms with Crippen molar-refractivity contribution in [2.45, 2.75) is 45.8 Å². The molecule has 35 heavy (non-hydrogen) atoms. The number of aryl methyl sites for hydroxylation is 2. The zero-order valence-electron chi connectivity index (χ0n) is 19.1. The van der Waals surface area contributed by atoms with Gasteiger partial charge < -0.3 is 14.5 Å². The van der Waals surface area contributed by atoms with Gasteiger partial charge in [-0.2, -0.15) is 0 Å². The second-order valence-electron chi connectivity index (χ2n) is 8.79. The molecule has 4 rings (SSSR count). The van der Waals surface area contributed by atoms with Crippen molar-refractivity contribution in [2.24, 2.45) is 5.92 Å². The Kier molecular flexibility index (Phi) is 6.88. The zero-order valence-corrected chi connectivity index (χ0v) is 19.9. The molecule has 3 aromatic rings. The first-order chi connectivity index (χ1) is 16.6. The van der Waals surface area contributed by atoms with Gasteiger partial charge in [-0.05, 0) is 54.5 Å². The lowest BCUT2D eigenvalue weighted by atomic mass is 10.0. The van der Waals surface area contributed by atoms with E-state index in [1.54, 1.807) is 13.8 Å². The number of nitrogens with zero attached hydrogens (tertiary/aromatic N) is 1. The van der Waals surface area contributed by atoms with Crippen LogP contribution in [-0.2, 0) is 29.0 Å². The fourth-order valence-corrected chi connectivity index (χ4v) is 4.37. The number of rotatable bonds is 7. The Bertz CT molecular complexity index is 1400. The van der Waals surface area contributed by atoms with Crippen LogP contribution in [0.5, 0.6) is 0 Å². The summed E-state index contributed by atoms with van der Waals surface area (Å²) in [5.74, 6) is -1.81. The predicted octanol–water partition coefficient (Wildman–Crippen LogP) is 4.34. The number of hydrogen-bond acceptors (Lipinski definition) is 7. The summed E-state index contributed by atoms with van der Waals surface area (Å²) in [5, 5.41) is 14.3. The topological polar surface area (TPSA) is 129 Å². The molecule has 0 bridgehead atoms. The Morgan fingerprint density at radius 1 is 1.17 bits per heavy atom. The molecular formula is C25H23ClN2O7. The van der Waals surface area contributed by atoms with Crippen LogP contribution in [0, 0.1) is 16.0 Å². The number of carbonyl (C=O) groups excluding carboxylic acids is 2. The van der Waals surface area contributed by atoms with Crippen LogP contribution in [0.3, 0.4) is 0 Å². The molecule has 1 N–H and O–H groups in total. The SMILES string of the molecule is CC(C)C(NC(=O)c1cc([N+](=O)[O-])ccc1Cl)C(=O)OCc1cc(=O)oc2cc3c(cc12)CCC3. The molecule has 0 aliphatic heterocycles. The molecule has 1 unspecified atom stereocenters. The highest BCUT2D eigenvalue weighted by Gasteiger charge is 2.28. The number of amides is 1. The number of nitro benzene ring substituents is 1. The Balaban J connectivity index is 1.53. The summed E-state index contributed by atoms with van der Waals surface area (Å²) in [6.45, 7) is 3.25. The predicted molar refractivity (Wildman–Crippen MR) is 129 cm³/mol. The average Bonchev–Trinajstić information content (AvgIpc) is 3.26. The number of fused-ring (bicyclic) bond motifs is 2. The molecule has 0 radical (unpaired) electrons. The van der Waals surface area contributed by atoms with E-state index in [0.29, 0.717) is 16.5 Å². The van der Waals surface area contributed by atoms with Crippen molar-refractivity contribution >= 4 is 40.1 Å². The van der Waals surface area contributed by atoms with E-state index in [1.807, 2.05) is 12.1 Å². The van der Waals surface area contributed by atoms with Crippen LogP contribution >= 0.6 is 11.6 Å². The number of nitrogens with one attached hydrogen (secondary N) is 1. The summed E-state index contributed by atoms with van der Waals surface area (Å²) >= 11 is 6.05. The number of ether oxygens (including phenoxy) is 1. The molecule has 1 atom stereocenters. The first kappa shape index (κ1) is 24.4. The summed E-state index contributed by atoms with van der Waals surface area (Å²) in [6, 6.07) is 7.56. The smallest absolute Gasteiger partial charge is 0.336 e. The van der Waals surface area contributed by atoms with Crippen LogP contribution in [0.1, 0.15) is 47.3 Å².